The zero-order valence-electron chi connectivity index (χ0n) is 14.1. The van der Waals surface area contributed by atoms with Crippen molar-refractivity contribution in [3.8, 4) is 0 Å². The van der Waals surface area contributed by atoms with Gasteiger partial charge in [-0.2, -0.15) is 0 Å². The fraction of sp³-hybridized carbons (Fsp3) is 0.263. The summed E-state index contributed by atoms with van der Waals surface area (Å²) in [4.78, 5) is 26.9. The van der Waals surface area contributed by atoms with E-state index in [1.807, 2.05) is 30.3 Å². The van der Waals surface area contributed by atoms with Crippen molar-refractivity contribution >= 4 is 16.8 Å². The molecule has 0 saturated carbocycles. The Bertz CT molecular complexity index is 987. The second-order valence-corrected chi connectivity index (χ2v) is 6.18. The van der Waals surface area contributed by atoms with Crippen molar-refractivity contribution in [2.24, 2.45) is 0 Å². The maximum atomic E-state index is 12.7. The Morgan fingerprint density at radius 2 is 1.88 bits per heavy atom. The second kappa shape index (κ2) is 7.05. The number of benzene rings is 2. The van der Waals surface area contributed by atoms with Gasteiger partial charge in [0.25, 0.3) is 5.56 Å². The fourth-order valence-electron chi connectivity index (χ4n) is 3.10. The number of morpholine rings is 1. The van der Waals surface area contributed by atoms with E-state index in [9.17, 15) is 9.59 Å². The SMILES string of the molecule is O=C(Cn1nnc2ccccc2c1=O)N1CCO[C@H](c2ccccc2)C1. The van der Waals surface area contributed by atoms with E-state index in [1.54, 1.807) is 29.2 Å². The van der Waals surface area contributed by atoms with E-state index in [-0.39, 0.29) is 24.1 Å². The molecule has 0 N–H and O–H groups in total. The van der Waals surface area contributed by atoms with Crippen LogP contribution < -0.4 is 5.56 Å². The highest BCUT2D eigenvalue weighted by atomic mass is 16.5. The first-order chi connectivity index (χ1) is 12.7. The van der Waals surface area contributed by atoms with E-state index >= 15 is 0 Å². The number of rotatable bonds is 3. The Morgan fingerprint density at radius 3 is 2.73 bits per heavy atom. The van der Waals surface area contributed by atoms with Crippen molar-refractivity contribution in [3.63, 3.8) is 0 Å². The zero-order valence-corrected chi connectivity index (χ0v) is 14.1. The molecular weight excluding hydrogens is 332 g/mol. The van der Waals surface area contributed by atoms with Gasteiger partial charge in [-0.05, 0) is 17.7 Å². The van der Waals surface area contributed by atoms with E-state index < -0.39 is 0 Å². The van der Waals surface area contributed by atoms with Crippen LogP contribution in [0.1, 0.15) is 11.7 Å². The molecule has 2 heterocycles. The van der Waals surface area contributed by atoms with Gasteiger partial charge in [-0.25, -0.2) is 4.68 Å². The molecule has 132 valence electrons. The molecule has 3 aromatic rings. The molecule has 0 unspecified atom stereocenters. The largest absolute Gasteiger partial charge is 0.370 e. The van der Waals surface area contributed by atoms with Gasteiger partial charge >= 0.3 is 0 Å². The third kappa shape index (κ3) is 3.21. The van der Waals surface area contributed by atoms with Crippen molar-refractivity contribution in [1.82, 2.24) is 19.9 Å². The maximum absolute atomic E-state index is 12.7. The topological polar surface area (TPSA) is 77.3 Å². The lowest BCUT2D eigenvalue weighted by molar-refractivity contribution is -0.140. The number of amides is 1. The summed E-state index contributed by atoms with van der Waals surface area (Å²) in [5.41, 5.74) is 1.25. The highest BCUT2D eigenvalue weighted by molar-refractivity contribution is 5.78. The van der Waals surface area contributed by atoms with Crippen LogP contribution in [0.25, 0.3) is 10.9 Å². The Morgan fingerprint density at radius 1 is 1.12 bits per heavy atom. The monoisotopic (exact) mass is 350 g/mol. The number of carbonyl (C=O) groups excluding carboxylic acids is 1. The van der Waals surface area contributed by atoms with Crippen molar-refractivity contribution in [1.29, 1.82) is 0 Å². The number of hydrogen-bond donors (Lipinski definition) is 0. The molecule has 1 aromatic heterocycles. The highest BCUT2D eigenvalue weighted by Gasteiger charge is 2.26. The molecule has 1 atom stereocenters. The van der Waals surface area contributed by atoms with Crippen LogP contribution in [-0.4, -0.2) is 45.5 Å². The predicted molar refractivity (Wildman–Crippen MR) is 95.5 cm³/mol. The van der Waals surface area contributed by atoms with Gasteiger partial charge < -0.3 is 9.64 Å². The lowest BCUT2D eigenvalue weighted by Crippen LogP contribution is -2.45. The van der Waals surface area contributed by atoms with Crippen LogP contribution >= 0.6 is 0 Å². The summed E-state index contributed by atoms with van der Waals surface area (Å²) in [6, 6.07) is 16.8. The quantitative estimate of drug-likeness (QED) is 0.713. The van der Waals surface area contributed by atoms with Crippen molar-refractivity contribution in [3.05, 3.63) is 70.5 Å². The number of nitrogens with zero attached hydrogens (tertiary/aromatic N) is 4. The average Bonchev–Trinajstić information content (AvgIpc) is 2.71. The summed E-state index contributed by atoms with van der Waals surface area (Å²) >= 11 is 0. The summed E-state index contributed by atoms with van der Waals surface area (Å²) in [6.45, 7) is 1.29. The molecule has 0 radical (unpaired) electrons. The van der Waals surface area contributed by atoms with Crippen LogP contribution in [-0.2, 0) is 16.1 Å². The molecule has 1 aliphatic heterocycles. The smallest absolute Gasteiger partial charge is 0.278 e. The van der Waals surface area contributed by atoms with Gasteiger partial charge in [0.1, 0.15) is 18.2 Å². The zero-order chi connectivity index (χ0) is 17.9. The summed E-state index contributed by atoms with van der Waals surface area (Å²) in [7, 11) is 0. The fourth-order valence-corrected chi connectivity index (χ4v) is 3.10. The van der Waals surface area contributed by atoms with E-state index in [0.29, 0.717) is 30.6 Å². The van der Waals surface area contributed by atoms with Crippen LogP contribution in [0.3, 0.4) is 0 Å². The Hall–Kier alpha value is -3.06. The minimum Gasteiger partial charge on any atom is -0.370 e. The first-order valence-corrected chi connectivity index (χ1v) is 8.49. The molecule has 1 saturated heterocycles. The molecule has 1 amide bonds. The molecule has 0 bridgehead atoms. The molecule has 26 heavy (non-hydrogen) atoms. The summed E-state index contributed by atoms with van der Waals surface area (Å²) in [6.07, 6.45) is -0.159. The first kappa shape index (κ1) is 16.4. The molecule has 2 aromatic carbocycles. The first-order valence-electron chi connectivity index (χ1n) is 8.49. The van der Waals surface area contributed by atoms with Crippen LogP contribution in [0.2, 0.25) is 0 Å². The van der Waals surface area contributed by atoms with E-state index in [2.05, 4.69) is 10.3 Å². The van der Waals surface area contributed by atoms with Crippen LogP contribution in [0, 0.1) is 0 Å². The molecule has 0 spiro atoms. The standard InChI is InChI=1S/C19H18N4O3/c24-18(13-23-19(25)15-8-4-5-9-16(15)20-21-23)22-10-11-26-17(12-22)14-6-2-1-3-7-14/h1-9,17H,10-13H2/t17-/m0/s1. The predicted octanol–water partition coefficient (Wildman–Crippen LogP) is 1.39. The lowest BCUT2D eigenvalue weighted by Gasteiger charge is -2.33. The van der Waals surface area contributed by atoms with Crippen molar-refractivity contribution in [2.45, 2.75) is 12.6 Å². The van der Waals surface area contributed by atoms with Gasteiger partial charge in [-0.1, -0.05) is 47.7 Å². The van der Waals surface area contributed by atoms with Gasteiger partial charge in [-0.15, -0.1) is 5.10 Å². The summed E-state index contributed by atoms with van der Waals surface area (Å²) in [5.74, 6) is -0.166. The molecular formula is C19H18N4O3. The number of ether oxygens (including phenoxy) is 1. The van der Waals surface area contributed by atoms with E-state index in [0.717, 1.165) is 10.2 Å². The van der Waals surface area contributed by atoms with Crippen molar-refractivity contribution < 1.29 is 9.53 Å². The Kier molecular flexibility index (Phi) is 4.45. The second-order valence-electron chi connectivity index (χ2n) is 6.18. The molecule has 4 rings (SSSR count). The molecule has 1 aliphatic rings. The van der Waals surface area contributed by atoms with Gasteiger partial charge in [0, 0.05) is 6.54 Å². The number of carbonyl (C=O) groups is 1. The average molecular weight is 350 g/mol. The van der Waals surface area contributed by atoms with Crippen molar-refractivity contribution in [2.75, 3.05) is 19.7 Å². The van der Waals surface area contributed by atoms with Gasteiger partial charge in [0.2, 0.25) is 5.91 Å². The minimum atomic E-state index is -0.309. The highest BCUT2D eigenvalue weighted by Crippen LogP contribution is 2.22. The van der Waals surface area contributed by atoms with E-state index in [4.69, 9.17) is 4.74 Å². The third-order valence-electron chi connectivity index (χ3n) is 4.50. The lowest BCUT2D eigenvalue weighted by atomic mass is 10.1. The Balaban J connectivity index is 1.51. The van der Waals surface area contributed by atoms with Crippen LogP contribution in [0.4, 0.5) is 0 Å². The van der Waals surface area contributed by atoms with Gasteiger partial charge in [0.05, 0.1) is 18.5 Å². The molecule has 0 aliphatic carbocycles. The molecule has 1 fully saturated rings. The number of hydrogen-bond acceptors (Lipinski definition) is 5. The van der Waals surface area contributed by atoms with Crippen LogP contribution in [0.15, 0.2) is 59.4 Å². The van der Waals surface area contributed by atoms with Crippen LogP contribution in [0.5, 0.6) is 0 Å². The summed E-state index contributed by atoms with van der Waals surface area (Å²) in [5, 5.41) is 8.37. The molecule has 7 heteroatoms. The van der Waals surface area contributed by atoms with Gasteiger partial charge in [-0.3, -0.25) is 9.59 Å². The minimum absolute atomic E-state index is 0.127. The number of fused-ring (bicyclic) bond motifs is 1. The third-order valence-corrected chi connectivity index (χ3v) is 4.50. The van der Waals surface area contributed by atoms with Gasteiger partial charge in [0.15, 0.2) is 0 Å². The summed E-state index contributed by atoms with van der Waals surface area (Å²) < 4.78 is 6.91. The van der Waals surface area contributed by atoms with E-state index in [1.165, 1.54) is 0 Å². The number of aromatic nitrogens is 3. The maximum Gasteiger partial charge on any atom is 0.278 e. The Labute approximate surface area is 149 Å². The normalized spacial score (nSPS) is 17.4. The molecule has 7 nitrogen and oxygen atoms in total.